The normalized spacial score (nSPS) is 27.3. The Balaban J connectivity index is 1.89. The summed E-state index contributed by atoms with van der Waals surface area (Å²) >= 11 is 0. The van der Waals surface area contributed by atoms with Gasteiger partial charge in [-0.3, -0.25) is 0 Å². The second-order valence-corrected chi connectivity index (χ2v) is 7.71. The van der Waals surface area contributed by atoms with E-state index in [0.29, 0.717) is 32.5 Å². The zero-order valence-corrected chi connectivity index (χ0v) is 16.4. The van der Waals surface area contributed by atoms with Crippen molar-refractivity contribution in [3.63, 3.8) is 0 Å². The third kappa shape index (κ3) is 3.38. The van der Waals surface area contributed by atoms with E-state index in [1.165, 1.54) is 4.52 Å². The number of aliphatic hydroxyl groups is 1. The summed E-state index contributed by atoms with van der Waals surface area (Å²) in [6.07, 6.45) is -2.95. The average Bonchev–Trinajstić information content (AvgIpc) is 3.31. The summed E-state index contributed by atoms with van der Waals surface area (Å²) in [6, 6.07) is 1.38. The third-order valence-electron chi connectivity index (χ3n) is 6.01. The fourth-order valence-corrected chi connectivity index (χ4v) is 4.29. The Labute approximate surface area is 170 Å². The first-order valence-electron chi connectivity index (χ1n) is 9.80. The topological polar surface area (TPSA) is 105 Å². The largest absolute Gasteiger partial charge is 0.419 e. The predicted molar refractivity (Wildman–Crippen MR) is 99.0 cm³/mol. The first-order chi connectivity index (χ1) is 14.3. The van der Waals surface area contributed by atoms with Gasteiger partial charge in [-0.2, -0.15) is 18.4 Å². The molecule has 4 rings (SSSR count). The van der Waals surface area contributed by atoms with Crippen LogP contribution in [0.5, 0.6) is 0 Å². The number of anilines is 1. The van der Waals surface area contributed by atoms with Crippen molar-refractivity contribution in [3.8, 4) is 6.07 Å². The fourth-order valence-electron chi connectivity index (χ4n) is 4.29. The van der Waals surface area contributed by atoms with E-state index in [-0.39, 0.29) is 36.4 Å². The zero-order valence-electron chi connectivity index (χ0n) is 16.4. The molecule has 0 spiro atoms. The Morgan fingerprint density at radius 2 is 2.20 bits per heavy atom. The summed E-state index contributed by atoms with van der Waals surface area (Å²) in [5, 5.41) is 27.1. The molecule has 0 aromatic carbocycles. The number of nitrogens with one attached hydrogen (secondary N) is 1. The van der Waals surface area contributed by atoms with Gasteiger partial charge in [0, 0.05) is 18.6 Å². The molecule has 162 valence electrons. The fraction of sp³-hybridized carbons (Fsp3) is 0.632. The molecule has 8 nitrogen and oxygen atoms in total. The molecule has 0 saturated carbocycles. The van der Waals surface area contributed by atoms with E-state index < -0.39 is 28.8 Å². The van der Waals surface area contributed by atoms with Crippen LogP contribution in [0.3, 0.4) is 0 Å². The number of nitrogens with zero attached hydrogens (tertiary/aromatic N) is 4. The van der Waals surface area contributed by atoms with E-state index in [1.807, 2.05) is 6.92 Å². The van der Waals surface area contributed by atoms with Crippen molar-refractivity contribution in [2.24, 2.45) is 0 Å². The number of halogens is 3. The van der Waals surface area contributed by atoms with Crippen molar-refractivity contribution in [1.29, 1.82) is 5.26 Å². The lowest BCUT2D eigenvalue weighted by Crippen LogP contribution is -2.42. The molecule has 3 atom stereocenters. The second kappa shape index (κ2) is 7.68. The maximum absolute atomic E-state index is 13.9. The maximum atomic E-state index is 13.9. The van der Waals surface area contributed by atoms with Gasteiger partial charge in [-0.25, -0.2) is 9.50 Å². The van der Waals surface area contributed by atoms with E-state index in [9.17, 15) is 23.5 Å². The van der Waals surface area contributed by atoms with Crippen molar-refractivity contribution in [3.05, 3.63) is 23.0 Å². The van der Waals surface area contributed by atoms with Crippen molar-refractivity contribution in [2.45, 2.75) is 49.9 Å². The first kappa shape index (κ1) is 20.8. The average molecular weight is 425 g/mol. The third-order valence-corrected chi connectivity index (χ3v) is 6.01. The number of rotatable bonds is 4. The summed E-state index contributed by atoms with van der Waals surface area (Å²) in [5.74, 6) is 0.0769. The van der Waals surface area contributed by atoms with Crippen LogP contribution in [0.15, 0.2) is 6.20 Å². The molecule has 2 aromatic heterocycles. The van der Waals surface area contributed by atoms with Crippen molar-refractivity contribution in [1.82, 2.24) is 14.6 Å². The Morgan fingerprint density at radius 1 is 1.40 bits per heavy atom. The molecule has 0 radical (unpaired) electrons. The van der Waals surface area contributed by atoms with Gasteiger partial charge in [0.15, 0.2) is 0 Å². The molecule has 2 saturated heterocycles. The standard InChI is InChI=1S/C19H22F3N5O3/c1-2-18(4-6-30-10-18)16-11(7-23)15(19(20,21)22)13-8-24-17(26-27(13)16)25-12-3-5-29-9-14(12)28/h8,12,14,28H,2-6,9-10H2,1H3,(H,25,26). The van der Waals surface area contributed by atoms with E-state index in [4.69, 9.17) is 9.47 Å². The Morgan fingerprint density at radius 3 is 2.80 bits per heavy atom. The van der Waals surface area contributed by atoms with Gasteiger partial charge in [0.1, 0.15) is 11.6 Å². The SMILES string of the molecule is CCC1(c2c(C#N)c(C(F)(F)F)c3cnc(NC4CCOCC4O)nn23)CCOC1. The number of alkyl halides is 3. The number of nitriles is 1. The highest BCUT2D eigenvalue weighted by Gasteiger charge is 2.46. The molecule has 0 bridgehead atoms. The molecule has 0 amide bonds. The monoisotopic (exact) mass is 425 g/mol. The summed E-state index contributed by atoms with van der Waals surface area (Å²) in [6.45, 7) is 3.08. The summed E-state index contributed by atoms with van der Waals surface area (Å²) in [7, 11) is 0. The highest BCUT2D eigenvalue weighted by Crippen LogP contribution is 2.45. The molecule has 2 aromatic rings. The molecular formula is C19H22F3N5O3. The van der Waals surface area contributed by atoms with E-state index >= 15 is 0 Å². The van der Waals surface area contributed by atoms with Gasteiger partial charge in [0.2, 0.25) is 5.95 Å². The molecular weight excluding hydrogens is 403 g/mol. The quantitative estimate of drug-likeness (QED) is 0.774. The minimum Gasteiger partial charge on any atom is -0.389 e. The zero-order chi connectivity index (χ0) is 21.5. The Kier molecular flexibility index (Phi) is 5.34. The van der Waals surface area contributed by atoms with Crippen LogP contribution in [0, 0.1) is 11.3 Å². The Bertz CT molecular complexity index is 978. The van der Waals surface area contributed by atoms with Gasteiger partial charge < -0.3 is 19.9 Å². The molecule has 4 heterocycles. The molecule has 2 fully saturated rings. The number of aromatic nitrogens is 3. The minimum atomic E-state index is -4.74. The molecule has 3 unspecified atom stereocenters. The Hall–Kier alpha value is -2.42. The first-order valence-corrected chi connectivity index (χ1v) is 9.80. The van der Waals surface area contributed by atoms with E-state index in [2.05, 4.69) is 15.4 Å². The van der Waals surface area contributed by atoms with Crippen molar-refractivity contribution < 1.29 is 27.8 Å². The molecule has 2 aliphatic rings. The van der Waals surface area contributed by atoms with Gasteiger partial charge in [0.05, 0.1) is 48.3 Å². The molecule has 2 aliphatic heterocycles. The number of hydrogen-bond acceptors (Lipinski definition) is 7. The molecule has 11 heteroatoms. The highest BCUT2D eigenvalue weighted by atomic mass is 19.4. The van der Waals surface area contributed by atoms with Gasteiger partial charge in [-0.05, 0) is 19.3 Å². The van der Waals surface area contributed by atoms with Crippen LogP contribution in [0.2, 0.25) is 0 Å². The van der Waals surface area contributed by atoms with Crippen LogP contribution in [0.25, 0.3) is 5.52 Å². The number of ether oxygens (including phenoxy) is 2. The lowest BCUT2D eigenvalue weighted by Gasteiger charge is -2.28. The molecule has 30 heavy (non-hydrogen) atoms. The van der Waals surface area contributed by atoms with Crippen molar-refractivity contribution >= 4 is 11.5 Å². The number of fused-ring (bicyclic) bond motifs is 1. The van der Waals surface area contributed by atoms with Crippen molar-refractivity contribution in [2.75, 3.05) is 31.7 Å². The highest BCUT2D eigenvalue weighted by molar-refractivity contribution is 5.67. The van der Waals surface area contributed by atoms with Gasteiger partial charge >= 0.3 is 6.18 Å². The lowest BCUT2D eigenvalue weighted by molar-refractivity contribution is -0.136. The predicted octanol–water partition coefficient (Wildman–Crippen LogP) is 2.25. The molecule has 0 aliphatic carbocycles. The minimum absolute atomic E-state index is 0.0769. The summed E-state index contributed by atoms with van der Waals surface area (Å²) in [5.41, 5.74) is -2.29. The number of hydrogen-bond donors (Lipinski definition) is 2. The van der Waals surface area contributed by atoms with Crippen LogP contribution < -0.4 is 5.32 Å². The maximum Gasteiger partial charge on any atom is 0.419 e. The smallest absolute Gasteiger partial charge is 0.389 e. The second-order valence-electron chi connectivity index (χ2n) is 7.71. The molecule has 2 N–H and O–H groups in total. The van der Waals surface area contributed by atoms with E-state index in [0.717, 1.165) is 6.20 Å². The summed E-state index contributed by atoms with van der Waals surface area (Å²) in [4.78, 5) is 4.04. The van der Waals surface area contributed by atoms with Crippen LogP contribution >= 0.6 is 0 Å². The van der Waals surface area contributed by atoms with Crippen LogP contribution in [0.4, 0.5) is 19.1 Å². The van der Waals surface area contributed by atoms with Gasteiger partial charge in [-0.1, -0.05) is 6.92 Å². The number of aliphatic hydroxyl groups excluding tert-OH is 1. The summed E-state index contributed by atoms with van der Waals surface area (Å²) < 4.78 is 53.6. The van der Waals surface area contributed by atoms with Crippen LogP contribution in [-0.4, -0.2) is 58.3 Å². The van der Waals surface area contributed by atoms with Crippen LogP contribution in [-0.2, 0) is 21.1 Å². The lowest BCUT2D eigenvalue weighted by atomic mass is 9.79. The van der Waals surface area contributed by atoms with Gasteiger partial charge in [-0.15, -0.1) is 5.10 Å². The van der Waals surface area contributed by atoms with Gasteiger partial charge in [0.25, 0.3) is 0 Å². The van der Waals surface area contributed by atoms with Crippen LogP contribution in [0.1, 0.15) is 43.0 Å². The van der Waals surface area contributed by atoms with E-state index in [1.54, 1.807) is 6.07 Å².